The van der Waals surface area contributed by atoms with E-state index >= 15 is 0 Å². The van der Waals surface area contributed by atoms with Gasteiger partial charge in [0.25, 0.3) is 5.91 Å². The molecule has 1 amide bonds. The highest BCUT2D eigenvalue weighted by Crippen LogP contribution is 2.55. The fourth-order valence-corrected chi connectivity index (χ4v) is 4.87. The van der Waals surface area contributed by atoms with Crippen LogP contribution in [0.4, 0.5) is 0 Å². The smallest absolute Gasteiger partial charge is 0.270 e. The Labute approximate surface area is 117 Å². The summed E-state index contributed by atoms with van der Waals surface area (Å²) < 4.78 is 0. The summed E-state index contributed by atoms with van der Waals surface area (Å²) in [6.45, 7) is 0. The van der Waals surface area contributed by atoms with Crippen LogP contribution in [-0.4, -0.2) is 32.6 Å². The molecule has 4 aliphatic rings. The Morgan fingerprint density at radius 2 is 2.05 bits per heavy atom. The molecular formula is C15H19N3O2. The quantitative estimate of drug-likeness (QED) is 0.847. The Kier molecular flexibility index (Phi) is 2.61. The summed E-state index contributed by atoms with van der Waals surface area (Å²) >= 11 is 0. The van der Waals surface area contributed by atoms with Gasteiger partial charge in [0.15, 0.2) is 0 Å². The number of amides is 1. The van der Waals surface area contributed by atoms with E-state index in [1.54, 1.807) is 12.3 Å². The fraction of sp³-hybridized carbons (Fsp3) is 0.667. The van der Waals surface area contributed by atoms with Crippen molar-refractivity contribution in [3.8, 4) is 0 Å². The van der Waals surface area contributed by atoms with Gasteiger partial charge < -0.3 is 10.4 Å². The standard InChI is InChI=1S/C15H19N3O2/c19-14(12-1-2-16-8-17-12)18-13-10-3-9-4-11(13)7-15(20,5-9)6-10/h1-2,8-11,13,20H,3-7H2,(H,18,19)/t9?,10-,11+,13?,15?. The molecule has 3 unspecified atom stereocenters. The molecule has 4 bridgehead atoms. The lowest BCUT2D eigenvalue weighted by atomic mass is 9.52. The number of hydrogen-bond acceptors (Lipinski definition) is 4. The number of hydrogen-bond donors (Lipinski definition) is 2. The Balaban J connectivity index is 1.52. The topological polar surface area (TPSA) is 75.1 Å². The highest BCUT2D eigenvalue weighted by molar-refractivity contribution is 5.92. The third kappa shape index (κ3) is 1.92. The molecular weight excluding hydrogens is 254 g/mol. The number of rotatable bonds is 2. The van der Waals surface area contributed by atoms with Crippen molar-refractivity contribution in [2.45, 2.75) is 43.7 Å². The minimum Gasteiger partial charge on any atom is -0.390 e. The van der Waals surface area contributed by atoms with Crippen molar-refractivity contribution in [2.24, 2.45) is 17.8 Å². The lowest BCUT2D eigenvalue weighted by Crippen LogP contribution is -2.61. The first-order valence-corrected chi connectivity index (χ1v) is 7.42. The van der Waals surface area contributed by atoms with E-state index in [0.29, 0.717) is 23.4 Å². The number of carbonyl (C=O) groups excluding carboxylic acids is 1. The average Bonchev–Trinajstić information content (AvgIpc) is 2.42. The second kappa shape index (κ2) is 4.25. The van der Waals surface area contributed by atoms with Crippen LogP contribution in [0.25, 0.3) is 0 Å². The van der Waals surface area contributed by atoms with Crippen LogP contribution in [0.5, 0.6) is 0 Å². The molecule has 0 aromatic carbocycles. The Bertz CT molecular complexity index is 517. The van der Waals surface area contributed by atoms with E-state index in [0.717, 1.165) is 32.1 Å². The molecule has 0 aliphatic heterocycles. The van der Waals surface area contributed by atoms with Gasteiger partial charge in [-0.3, -0.25) is 4.79 Å². The van der Waals surface area contributed by atoms with Gasteiger partial charge in [0.2, 0.25) is 0 Å². The highest BCUT2D eigenvalue weighted by Gasteiger charge is 2.55. The molecule has 1 aromatic rings. The molecule has 5 nitrogen and oxygen atoms in total. The molecule has 4 aliphatic carbocycles. The zero-order valence-electron chi connectivity index (χ0n) is 11.3. The minimum absolute atomic E-state index is 0.114. The number of aliphatic hydroxyl groups is 1. The van der Waals surface area contributed by atoms with Gasteiger partial charge in [-0.1, -0.05) is 0 Å². The second-order valence-corrected chi connectivity index (χ2v) is 6.79. The van der Waals surface area contributed by atoms with Crippen LogP contribution < -0.4 is 5.32 Å². The molecule has 1 heterocycles. The van der Waals surface area contributed by atoms with Gasteiger partial charge in [0, 0.05) is 12.2 Å². The van der Waals surface area contributed by atoms with E-state index in [1.807, 2.05) is 0 Å². The SMILES string of the molecule is O=C(NC1[C@@H]2CC3C[C@H]1CC(O)(C3)C2)c1ccncn1. The van der Waals surface area contributed by atoms with Crippen molar-refractivity contribution >= 4 is 5.91 Å². The van der Waals surface area contributed by atoms with Gasteiger partial charge in [0.05, 0.1) is 5.60 Å². The number of nitrogens with one attached hydrogen (secondary N) is 1. The minimum atomic E-state index is -0.452. The van der Waals surface area contributed by atoms with Crippen molar-refractivity contribution in [1.82, 2.24) is 15.3 Å². The van der Waals surface area contributed by atoms with E-state index in [2.05, 4.69) is 15.3 Å². The first kappa shape index (κ1) is 12.3. The zero-order chi connectivity index (χ0) is 13.7. The molecule has 20 heavy (non-hydrogen) atoms. The summed E-state index contributed by atoms with van der Waals surface area (Å²) in [5.41, 5.74) is -0.0281. The summed E-state index contributed by atoms with van der Waals surface area (Å²) in [5.74, 6) is 1.40. The predicted octanol–water partition coefficient (Wildman–Crippen LogP) is 1.15. The molecule has 4 fully saturated rings. The number of aromatic nitrogens is 2. The van der Waals surface area contributed by atoms with E-state index in [9.17, 15) is 9.90 Å². The van der Waals surface area contributed by atoms with Crippen molar-refractivity contribution in [3.63, 3.8) is 0 Å². The number of nitrogens with zero attached hydrogens (tertiary/aromatic N) is 2. The molecule has 106 valence electrons. The summed E-state index contributed by atoms with van der Waals surface area (Å²) in [6, 6.07) is 1.84. The molecule has 2 N–H and O–H groups in total. The molecule has 4 saturated carbocycles. The maximum atomic E-state index is 12.3. The lowest BCUT2D eigenvalue weighted by Gasteiger charge is -2.58. The maximum Gasteiger partial charge on any atom is 0.270 e. The zero-order valence-corrected chi connectivity index (χ0v) is 11.3. The molecule has 0 radical (unpaired) electrons. The summed E-state index contributed by atoms with van der Waals surface area (Å²) in [6.07, 6.45) is 7.92. The van der Waals surface area contributed by atoms with E-state index in [-0.39, 0.29) is 11.9 Å². The molecule has 0 saturated heterocycles. The summed E-state index contributed by atoms with van der Waals surface area (Å²) in [4.78, 5) is 20.1. The number of carbonyl (C=O) groups is 1. The van der Waals surface area contributed by atoms with Crippen LogP contribution in [-0.2, 0) is 0 Å². The van der Waals surface area contributed by atoms with Gasteiger partial charge in [-0.25, -0.2) is 9.97 Å². The first-order chi connectivity index (χ1) is 9.63. The van der Waals surface area contributed by atoms with Gasteiger partial charge in [-0.15, -0.1) is 0 Å². The third-order valence-corrected chi connectivity index (χ3v) is 5.35. The van der Waals surface area contributed by atoms with Crippen LogP contribution in [0, 0.1) is 17.8 Å². The van der Waals surface area contributed by atoms with Crippen molar-refractivity contribution in [3.05, 3.63) is 24.3 Å². The molecule has 5 heteroatoms. The lowest BCUT2D eigenvalue weighted by molar-refractivity contribution is -0.136. The summed E-state index contributed by atoms with van der Waals surface area (Å²) in [5, 5.41) is 13.7. The van der Waals surface area contributed by atoms with Crippen LogP contribution in [0.2, 0.25) is 0 Å². The van der Waals surface area contributed by atoms with Crippen LogP contribution in [0.3, 0.4) is 0 Å². The van der Waals surface area contributed by atoms with Gasteiger partial charge in [0.1, 0.15) is 12.0 Å². The monoisotopic (exact) mass is 273 g/mol. The van der Waals surface area contributed by atoms with Crippen molar-refractivity contribution < 1.29 is 9.90 Å². The van der Waals surface area contributed by atoms with Crippen molar-refractivity contribution in [1.29, 1.82) is 0 Å². The fourth-order valence-electron chi connectivity index (χ4n) is 4.87. The molecule has 5 atom stereocenters. The Hall–Kier alpha value is -1.49. The molecule has 5 rings (SSSR count). The predicted molar refractivity (Wildman–Crippen MR) is 71.8 cm³/mol. The first-order valence-electron chi connectivity index (χ1n) is 7.42. The van der Waals surface area contributed by atoms with Crippen molar-refractivity contribution in [2.75, 3.05) is 0 Å². The molecule has 1 aromatic heterocycles. The summed E-state index contributed by atoms with van der Waals surface area (Å²) in [7, 11) is 0. The average molecular weight is 273 g/mol. The van der Waals surface area contributed by atoms with Crippen LogP contribution in [0.1, 0.15) is 42.6 Å². The second-order valence-electron chi connectivity index (χ2n) is 6.79. The van der Waals surface area contributed by atoms with E-state index in [1.165, 1.54) is 6.33 Å². The largest absolute Gasteiger partial charge is 0.390 e. The third-order valence-electron chi connectivity index (χ3n) is 5.35. The molecule has 0 spiro atoms. The maximum absolute atomic E-state index is 12.3. The van der Waals surface area contributed by atoms with E-state index < -0.39 is 5.60 Å². The normalized spacial score (nSPS) is 41.6. The van der Waals surface area contributed by atoms with Gasteiger partial charge in [-0.2, -0.15) is 0 Å². The van der Waals surface area contributed by atoms with Crippen LogP contribution in [0.15, 0.2) is 18.6 Å². The van der Waals surface area contributed by atoms with Gasteiger partial charge >= 0.3 is 0 Å². The van der Waals surface area contributed by atoms with E-state index in [4.69, 9.17) is 0 Å². The van der Waals surface area contributed by atoms with Gasteiger partial charge in [-0.05, 0) is 55.9 Å². The van der Waals surface area contributed by atoms with Crippen LogP contribution >= 0.6 is 0 Å². The Morgan fingerprint density at radius 1 is 1.30 bits per heavy atom. The Morgan fingerprint density at radius 3 is 2.65 bits per heavy atom. The highest BCUT2D eigenvalue weighted by atomic mass is 16.3.